The summed E-state index contributed by atoms with van der Waals surface area (Å²) in [5.41, 5.74) is 2.57. The summed E-state index contributed by atoms with van der Waals surface area (Å²) in [5, 5.41) is 5.40. The van der Waals surface area contributed by atoms with Crippen molar-refractivity contribution < 1.29 is 13.9 Å². The van der Waals surface area contributed by atoms with E-state index in [1.807, 2.05) is 35.0 Å². The molecule has 0 spiro atoms. The summed E-state index contributed by atoms with van der Waals surface area (Å²) < 4.78 is 26.7. The average Bonchev–Trinajstić information content (AvgIpc) is 3.46. The second-order valence-corrected chi connectivity index (χ2v) is 7.67. The van der Waals surface area contributed by atoms with Crippen molar-refractivity contribution in [3.63, 3.8) is 0 Å². The lowest BCUT2D eigenvalue weighted by Gasteiger charge is -2.20. The van der Waals surface area contributed by atoms with E-state index in [4.69, 9.17) is 19.6 Å². The molecular weight excluding hydrogens is 365 g/mol. The number of hydrogen-bond acceptors (Lipinski definition) is 5. The lowest BCUT2D eigenvalue weighted by molar-refractivity contribution is -0.0171. The van der Waals surface area contributed by atoms with E-state index >= 15 is 0 Å². The Labute approximate surface area is 160 Å². The topological polar surface area (TPSA) is 49.2 Å². The Morgan fingerprint density at radius 1 is 1.19 bits per heavy atom. The third kappa shape index (κ3) is 3.44. The van der Waals surface area contributed by atoms with Crippen LogP contribution in [0.25, 0.3) is 5.69 Å². The first-order valence-electron chi connectivity index (χ1n) is 8.95. The molecule has 27 heavy (non-hydrogen) atoms. The first-order valence-corrected chi connectivity index (χ1v) is 9.93. The van der Waals surface area contributed by atoms with Gasteiger partial charge in [-0.2, -0.15) is 0 Å². The predicted molar refractivity (Wildman–Crippen MR) is 99.6 cm³/mol. The smallest absolute Gasteiger partial charge is 0.209 e. The first-order chi connectivity index (χ1) is 13.3. The van der Waals surface area contributed by atoms with Crippen LogP contribution in [0.15, 0.2) is 47.6 Å². The van der Waals surface area contributed by atoms with Crippen LogP contribution in [0, 0.1) is 5.82 Å². The van der Waals surface area contributed by atoms with Crippen LogP contribution < -0.4 is 4.74 Å². The summed E-state index contributed by atoms with van der Waals surface area (Å²) in [6, 6.07) is 13.0. The fraction of sp³-hybridized carbons (Fsp3) is 0.300. The maximum Gasteiger partial charge on any atom is 0.209 e. The van der Waals surface area contributed by atoms with Crippen LogP contribution in [0.1, 0.15) is 35.7 Å². The van der Waals surface area contributed by atoms with Gasteiger partial charge in [0.2, 0.25) is 5.16 Å². The van der Waals surface area contributed by atoms with Gasteiger partial charge in [0, 0.05) is 22.8 Å². The third-order valence-electron chi connectivity index (χ3n) is 4.66. The number of nitrogens with zero attached hydrogens (tertiary/aromatic N) is 3. The highest BCUT2D eigenvalue weighted by Crippen LogP contribution is 2.41. The fourth-order valence-corrected chi connectivity index (χ4v) is 4.03. The van der Waals surface area contributed by atoms with Crippen molar-refractivity contribution in [1.82, 2.24) is 14.8 Å². The van der Waals surface area contributed by atoms with Gasteiger partial charge in [0.15, 0.2) is 6.79 Å². The minimum atomic E-state index is -0.278. The summed E-state index contributed by atoms with van der Waals surface area (Å²) >= 11 is 1.50. The van der Waals surface area contributed by atoms with Crippen molar-refractivity contribution in [3.05, 3.63) is 65.2 Å². The largest absolute Gasteiger partial charge is 0.467 e. The van der Waals surface area contributed by atoms with Crippen LogP contribution in [0.5, 0.6) is 5.75 Å². The van der Waals surface area contributed by atoms with Gasteiger partial charge < -0.3 is 9.47 Å². The number of para-hydroxylation sites is 1. The van der Waals surface area contributed by atoms with Gasteiger partial charge >= 0.3 is 0 Å². The van der Waals surface area contributed by atoms with Crippen LogP contribution in [0.4, 0.5) is 4.39 Å². The van der Waals surface area contributed by atoms with Gasteiger partial charge in [-0.25, -0.2) is 14.1 Å². The van der Waals surface area contributed by atoms with Crippen molar-refractivity contribution in [2.24, 2.45) is 0 Å². The van der Waals surface area contributed by atoms with E-state index in [2.05, 4.69) is 0 Å². The van der Waals surface area contributed by atoms with Crippen LogP contribution in [0.2, 0.25) is 0 Å². The van der Waals surface area contributed by atoms with Gasteiger partial charge in [-0.1, -0.05) is 30.0 Å². The average molecular weight is 383 g/mol. The minimum absolute atomic E-state index is 0.197. The highest BCUT2D eigenvalue weighted by Gasteiger charge is 2.30. The summed E-state index contributed by atoms with van der Waals surface area (Å²) in [6.07, 6.45) is 2.31. The van der Waals surface area contributed by atoms with Crippen molar-refractivity contribution in [2.75, 3.05) is 6.79 Å². The highest BCUT2D eigenvalue weighted by molar-refractivity contribution is 7.98. The number of fused-ring (bicyclic) bond motifs is 1. The second kappa shape index (κ2) is 6.98. The molecule has 7 heteroatoms. The molecule has 0 amide bonds. The van der Waals surface area contributed by atoms with Gasteiger partial charge in [-0.15, -0.1) is 5.10 Å². The first kappa shape index (κ1) is 16.8. The quantitative estimate of drug-likeness (QED) is 0.610. The molecule has 0 unspecified atom stereocenters. The molecule has 5 rings (SSSR count). The molecular formula is C20H18FN3O2S. The molecule has 0 N–H and O–H groups in total. The molecule has 3 aromatic rings. The van der Waals surface area contributed by atoms with Gasteiger partial charge in [0.05, 0.1) is 12.3 Å². The molecule has 0 bridgehead atoms. The molecule has 138 valence electrons. The number of benzene rings is 2. The number of rotatable bonds is 5. The molecule has 1 fully saturated rings. The van der Waals surface area contributed by atoms with E-state index in [-0.39, 0.29) is 12.6 Å². The minimum Gasteiger partial charge on any atom is -0.467 e. The van der Waals surface area contributed by atoms with Crippen LogP contribution >= 0.6 is 11.8 Å². The Morgan fingerprint density at radius 3 is 2.85 bits per heavy atom. The van der Waals surface area contributed by atoms with Gasteiger partial charge in [0.25, 0.3) is 0 Å². The summed E-state index contributed by atoms with van der Waals surface area (Å²) in [6.45, 7) is 0.570. The molecule has 2 heterocycles. The number of hydrogen-bond donors (Lipinski definition) is 0. The molecule has 1 aromatic heterocycles. The van der Waals surface area contributed by atoms with Crippen LogP contribution in [-0.2, 0) is 17.1 Å². The van der Waals surface area contributed by atoms with Gasteiger partial charge in [0.1, 0.15) is 17.4 Å². The van der Waals surface area contributed by atoms with Crippen molar-refractivity contribution in [2.45, 2.75) is 36.3 Å². The molecule has 0 saturated heterocycles. The monoisotopic (exact) mass is 383 g/mol. The van der Waals surface area contributed by atoms with Gasteiger partial charge in [-0.05, 0) is 37.1 Å². The maximum atomic E-state index is 13.9. The Bertz CT molecular complexity index is 973. The van der Waals surface area contributed by atoms with Crippen LogP contribution in [0.3, 0.4) is 0 Å². The molecule has 5 nitrogen and oxygen atoms in total. The second-order valence-electron chi connectivity index (χ2n) is 6.73. The predicted octanol–water partition coefficient (Wildman–Crippen LogP) is 4.44. The van der Waals surface area contributed by atoms with E-state index in [9.17, 15) is 4.39 Å². The van der Waals surface area contributed by atoms with E-state index in [1.54, 1.807) is 0 Å². The Balaban J connectivity index is 1.42. The number of thioether (sulfide) groups is 1. The summed E-state index contributed by atoms with van der Waals surface area (Å²) in [7, 11) is 0. The number of ether oxygens (including phenoxy) is 2. The number of aromatic nitrogens is 3. The zero-order valence-electron chi connectivity index (χ0n) is 14.6. The normalized spacial score (nSPS) is 16.0. The zero-order chi connectivity index (χ0) is 18.2. The molecule has 0 radical (unpaired) electrons. The lowest BCUT2D eigenvalue weighted by Crippen LogP contribution is -2.13. The van der Waals surface area contributed by atoms with E-state index in [1.165, 1.54) is 23.9 Å². The molecule has 1 saturated carbocycles. The van der Waals surface area contributed by atoms with Crippen molar-refractivity contribution in [3.8, 4) is 11.4 Å². The Kier molecular flexibility index (Phi) is 4.33. The number of halogens is 1. The van der Waals surface area contributed by atoms with E-state index in [0.29, 0.717) is 23.4 Å². The lowest BCUT2D eigenvalue weighted by atomic mass is 10.1. The summed E-state index contributed by atoms with van der Waals surface area (Å²) in [5.74, 6) is 2.48. The van der Waals surface area contributed by atoms with Crippen LogP contribution in [-0.4, -0.2) is 21.6 Å². The Morgan fingerprint density at radius 2 is 2.04 bits per heavy atom. The third-order valence-corrected chi connectivity index (χ3v) is 5.55. The van der Waals surface area contributed by atoms with Crippen molar-refractivity contribution >= 4 is 11.8 Å². The SMILES string of the molecule is Fc1cc2c(c(CSc3nc(C4CC4)n(-c4ccccc4)n3)c1)OCOC2. The Hall–Kier alpha value is -2.38. The van der Waals surface area contributed by atoms with Gasteiger partial charge in [-0.3, -0.25) is 0 Å². The molecule has 2 aromatic carbocycles. The highest BCUT2D eigenvalue weighted by atomic mass is 32.2. The maximum absolute atomic E-state index is 13.9. The van der Waals surface area contributed by atoms with E-state index in [0.717, 1.165) is 41.2 Å². The van der Waals surface area contributed by atoms with Crippen molar-refractivity contribution in [1.29, 1.82) is 0 Å². The molecule has 0 atom stereocenters. The zero-order valence-corrected chi connectivity index (χ0v) is 15.4. The summed E-state index contributed by atoms with van der Waals surface area (Å²) in [4.78, 5) is 4.75. The molecule has 1 aliphatic carbocycles. The molecule has 1 aliphatic heterocycles. The van der Waals surface area contributed by atoms with E-state index < -0.39 is 0 Å². The molecule has 2 aliphatic rings. The standard InChI is InChI=1S/C20H18FN3O2S/c21-16-8-14-10-25-12-26-18(14)15(9-16)11-27-20-22-19(13-6-7-13)24(23-20)17-4-2-1-3-5-17/h1-5,8-9,13H,6-7,10-12H2. The fourth-order valence-electron chi connectivity index (χ4n) is 3.24.